The molecule has 11 heteroatoms. The van der Waals surface area contributed by atoms with Crippen molar-refractivity contribution in [3.63, 3.8) is 0 Å². The number of benzene rings is 2. The molecular weight excluding hydrogens is 505 g/mol. The lowest BCUT2D eigenvalue weighted by atomic mass is 9.96. The number of carbonyl (C=O) groups is 1. The molecule has 1 saturated heterocycles. The lowest BCUT2D eigenvalue weighted by molar-refractivity contribution is -0.274. The Hall–Kier alpha value is -3.57. The second-order valence-electron chi connectivity index (χ2n) is 9.46. The number of hydrogen-bond acceptors (Lipinski definition) is 7. The smallest absolute Gasteiger partial charge is 0.491 e. The summed E-state index contributed by atoms with van der Waals surface area (Å²) < 4.78 is 52.3. The van der Waals surface area contributed by atoms with Crippen molar-refractivity contribution in [2.45, 2.75) is 38.7 Å². The zero-order chi connectivity index (χ0) is 27.4. The van der Waals surface area contributed by atoms with Gasteiger partial charge in [-0.3, -0.25) is 4.79 Å². The number of β-amino-alcohol motifs (C(OH)–C–C–N with tert-alkyl or cyclic N) is 1. The third-order valence-corrected chi connectivity index (χ3v) is 6.70. The summed E-state index contributed by atoms with van der Waals surface area (Å²) in [6.45, 7) is 3.58. The van der Waals surface area contributed by atoms with E-state index in [2.05, 4.69) is 9.64 Å². The normalized spacial score (nSPS) is 15.9. The summed E-state index contributed by atoms with van der Waals surface area (Å²) in [5.74, 6) is -0.310. The molecule has 1 atom stereocenters. The first-order valence-electron chi connectivity index (χ1n) is 12.2. The Morgan fingerprint density at radius 3 is 2.45 bits per heavy atom. The van der Waals surface area contributed by atoms with E-state index < -0.39 is 18.1 Å². The van der Waals surface area contributed by atoms with Crippen molar-refractivity contribution in [3.05, 3.63) is 69.6 Å². The van der Waals surface area contributed by atoms with Crippen LogP contribution in [0.2, 0.25) is 0 Å². The maximum absolute atomic E-state index is 12.7. The standard InChI is InChI=1S/C27H29F3N2O6/c1-16-22-7-6-21(36-15-19(33)14-32-10-8-18(9-11-32)25(31)34)13-24(22)37-26(35)23(16)12-17-2-4-20(5-3-17)38-27(28,29)30/h2-7,13,18-19,33H,8-12,14-15H2,1H3,(H2,31,34)/t19-/m0/s1. The number of aryl methyl sites for hydroxylation is 1. The van der Waals surface area contributed by atoms with Crippen molar-refractivity contribution in [1.29, 1.82) is 0 Å². The minimum Gasteiger partial charge on any atom is -0.491 e. The van der Waals surface area contributed by atoms with E-state index >= 15 is 0 Å². The van der Waals surface area contributed by atoms with Gasteiger partial charge in [-0.1, -0.05) is 12.1 Å². The van der Waals surface area contributed by atoms with Crippen LogP contribution in [-0.4, -0.2) is 54.6 Å². The van der Waals surface area contributed by atoms with E-state index in [9.17, 15) is 27.9 Å². The number of hydrogen-bond donors (Lipinski definition) is 2. The average Bonchev–Trinajstić information content (AvgIpc) is 2.85. The fourth-order valence-corrected chi connectivity index (χ4v) is 4.62. The van der Waals surface area contributed by atoms with Gasteiger partial charge < -0.3 is 29.6 Å². The summed E-state index contributed by atoms with van der Waals surface area (Å²) in [5.41, 5.74) is 6.84. The Morgan fingerprint density at radius 1 is 1.16 bits per heavy atom. The molecular formula is C27H29F3N2O6. The highest BCUT2D eigenvalue weighted by Crippen LogP contribution is 2.27. The first-order chi connectivity index (χ1) is 18.0. The van der Waals surface area contributed by atoms with Crippen LogP contribution in [0.1, 0.15) is 29.5 Å². The summed E-state index contributed by atoms with van der Waals surface area (Å²) in [4.78, 5) is 26.1. The van der Waals surface area contributed by atoms with Crippen LogP contribution >= 0.6 is 0 Å². The lowest BCUT2D eigenvalue weighted by Crippen LogP contribution is -2.43. The largest absolute Gasteiger partial charge is 0.573 e. The molecule has 38 heavy (non-hydrogen) atoms. The molecule has 2 aromatic carbocycles. The average molecular weight is 535 g/mol. The number of nitrogens with two attached hydrogens (primary N) is 1. The van der Waals surface area contributed by atoms with Crippen molar-refractivity contribution in [1.82, 2.24) is 4.90 Å². The molecule has 2 heterocycles. The highest BCUT2D eigenvalue weighted by Gasteiger charge is 2.31. The Morgan fingerprint density at radius 2 is 1.82 bits per heavy atom. The second kappa shape index (κ2) is 11.4. The number of fused-ring (bicyclic) bond motifs is 1. The van der Waals surface area contributed by atoms with Crippen molar-refractivity contribution < 1.29 is 37.0 Å². The van der Waals surface area contributed by atoms with Gasteiger partial charge in [0.2, 0.25) is 5.91 Å². The summed E-state index contributed by atoms with van der Waals surface area (Å²) in [7, 11) is 0. The first kappa shape index (κ1) is 27.5. The number of nitrogens with zero attached hydrogens (tertiary/aromatic N) is 1. The number of amides is 1. The topological polar surface area (TPSA) is 115 Å². The van der Waals surface area contributed by atoms with E-state index in [1.807, 2.05) is 0 Å². The highest BCUT2D eigenvalue weighted by atomic mass is 19.4. The third-order valence-electron chi connectivity index (χ3n) is 6.70. The van der Waals surface area contributed by atoms with Gasteiger partial charge in [-0.15, -0.1) is 13.2 Å². The zero-order valence-corrected chi connectivity index (χ0v) is 20.8. The molecule has 3 N–H and O–H groups in total. The predicted octanol–water partition coefficient (Wildman–Crippen LogP) is 3.53. The Bertz CT molecular complexity index is 1330. The number of halogens is 3. The monoisotopic (exact) mass is 534 g/mol. The number of rotatable bonds is 9. The van der Waals surface area contributed by atoms with Crippen LogP contribution < -0.4 is 20.8 Å². The van der Waals surface area contributed by atoms with E-state index in [1.54, 1.807) is 25.1 Å². The minimum absolute atomic E-state index is 0.0383. The van der Waals surface area contributed by atoms with Crippen LogP contribution in [0.5, 0.6) is 11.5 Å². The predicted molar refractivity (Wildman–Crippen MR) is 133 cm³/mol. The van der Waals surface area contributed by atoms with E-state index in [0.717, 1.165) is 0 Å². The van der Waals surface area contributed by atoms with Crippen LogP contribution in [0.25, 0.3) is 11.0 Å². The number of aliphatic hydroxyl groups excluding tert-OH is 1. The molecule has 1 amide bonds. The zero-order valence-electron chi connectivity index (χ0n) is 20.8. The third kappa shape index (κ3) is 7.05. The second-order valence-corrected chi connectivity index (χ2v) is 9.46. The van der Waals surface area contributed by atoms with Crippen molar-refractivity contribution in [2.24, 2.45) is 11.7 Å². The Balaban J connectivity index is 1.38. The van der Waals surface area contributed by atoms with Gasteiger partial charge in [0, 0.05) is 35.9 Å². The summed E-state index contributed by atoms with van der Waals surface area (Å²) in [5, 5.41) is 11.1. The van der Waals surface area contributed by atoms with Gasteiger partial charge in [0.25, 0.3) is 0 Å². The number of alkyl halides is 3. The molecule has 1 aliphatic heterocycles. The molecule has 204 valence electrons. The summed E-state index contributed by atoms with van der Waals surface area (Å²) >= 11 is 0. The maximum Gasteiger partial charge on any atom is 0.573 e. The maximum atomic E-state index is 12.7. The molecule has 1 aliphatic rings. The fourth-order valence-electron chi connectivity index (χ4n) is 4.62. The van der Waals surface area contributed by atoms with E-state index in [1.165, 1.54) is 24.3 Å². The quantitative estimate of drug-likeness (QED) is 0.404. The van der Waals surface area contributed by atoms with Gasteiger partial charge in [0.1, 0.15) is 29.8 Å². The highest BCUT2D eigenvalue weighted by molar-refractivity contribution is 5.82. The van der Waals surface area contributed by atoms with Crippen LogP contribution in [0.15, 0.2) is 51.7 Å². The molecule has 1 fully saturated rings. The van der Waals surface area contributed by atoms with Gasteiger partial charge in [-0.05, 0) is 68.2 Å². The Labute approximate surface area is 216 Å². The van der Waals surface area contributed by atoms with Crippen molar-refractivity contribution >= 4 is 16.9 Å². The van der Waals surface area contributed by atoms with Gasteiger partial charge in [0.05, 0.1) is 0 Å². The van der Waals surface area contributed by atoms with E-state index in [-0.39, 0.29) is 30.6 Å². The van der Waals surface area contributed by atoms with E-state index in [4.69, 9.17) is 14.9 Å². The van der Waals surface area contributed by atoms with Crippen LogP contribution in [0.3, 0.4) is 0 Å². The van der Waals surface area contributed by atoms with Crippen LogP contribution in [-0.2, 0) is 11.2 Å². The number of piperidine rings is 1. The number of ether oxygens (including phenoxy) is 2. The lowest BCUT2D eigenvalue weighted by Gasteiger charge is -2.31. The summed E-state index contributed by atoms with van der Waals surface area (Å²) in [6.07, 6.45) is -4.00. The van der Waals surface area contributed by atoms with Gasteiger partial charge >= 0.3 is 12.0 Å². The van der Waals surface area contributed by atoms with Crippen molar-refractivity contribution in [2.75, 3.05) is 26.2 Å². The van der Waals surface area contributed by atoms with Gasteiger partial charge in [0.15, 0.2) is 0 Å². The van der Waals surface area contributed by atoms with E-state index in [0.29, 0.717) is 65.9 Å². The molecule has 0 unspecified atom stereocenters. The molecule has 4 rings (SSSR count). The molecule has 0 saturated carbocycles. The van der Waals surface area contributed by atoms with Crippen LogP contribution in [0, 0.1) is 12.8 Å². The van der Waals surface area contributed by atoms with Gasteiger partial charge in [-0.2, -0.15) is 0 Å². The first-order valence-corrected chi connectivity index (χ1v) is 12.2. The SMILES string of the molecule is Cc1c(Cc2ccc(OC(F)(F)F)cc2)c(=O)oc2cc(OC[C@@H](O)CN3CCC(C(N)=O)CC3)ccc12. The minimum atomic E-state index is -4.77. The van der Waals surface area contributed by atoms with Crippen LogP contribution in [0.4, 0.5) is 13.2 Å². The molecule has 0 radical (unpaired) electrons. The fraction of sp³-hybridized carbons (Fsp3) is 0.407. The molecule has 8 nitrogen and oxygen atoms in total. The molecule has 0 spiro atoms. The molecule has 1 aromatic heterocycles. The Kier molecular flexibility index (Phi) is 8.27. The number of aliphatic hydroxyl groups is 1. The summed E-state index contributed by atoms with van der Waals surface area (Å²) in [6, 6.07) is 10.4. The van der Waals surface area contributed by atoms with Crippen molar-refractivity contribution in [3.8, 4) is 11.5 Å². The molecule has 0 aliphatic carbocycles. The molecule has 0 bridgehead atoms. The number of likely N-dealkylation sites (tertiary alicyclic amines) is 1. The molecule has 3 aromatic rings. The number of carbonyl (C=O) groups excluding carboxylic acids is 1. The number of primary amides is 1. The van der Waals surface area contributed by atoms with Gasteiger partial charge in [-0.25, -0.2) is 4.79 Å².